The Morgan fingerprint density at radius 3 is 2.43 bits per heavy atom. The maximum Gasteiger partial charge on any atom is 0.414 e. The minimum Gasteiger partial charge on any atom is -0.390 e. The van der Waals surface area contributed by atoms with E-state index in [1.165, 1.54) is 0 Å². The van der Waals surface area contributed by atoms with Gasteiger partial charge in [-0.1, -0.05) is 0 Å². The molecule has 3 nitrogen and oxygen atoms in total. The third-order valence-corrected chi connectivity index (χ3v) is 2.50. The summed E-state index contributed by atoms with van der Waals surface area (Å²) in [5.41, 5.74) is 0. The molecule has 4 atom stereocenters. The summed E-state index contributed by atoms with van der Waals surface area (Å²) in [7, 11) is 0. The smallest absolute Gasteiger partial charge is 0.390 e. The SMILES string of the molecule is CC1OCC(O)C1CC(O)C(F)(F)F. The van der Waals surface area contributed by atoms with E-state index < -0.39 is 36.8 Å². The molecule has 6 heteroatoms. The highest BCUT2D eigenvalue weighted by molar-refractivity contribution is 4.84. The van der Waals surface area contributed by atoms with Crippen molar-refractivity contribution in [3.63, 3.8) is 0 Å². The third-order valence-electron chi connectivity index (χ3n) is 2.50. The molecule has 0 radical (unpaired) electrons. The Morgan fingerprint density at radius 2 is 2.07 bits per heavy atom. The zero-order chi connectivity index (χ0) is 10.9. The molecule has 1 aliphatic heterocycles. The van der Waals surface area contributed by atoms with Crippen molar-refractivity contribution in [2.75, 3.05) is 6.61 Å². The molecule has 0 spiro atoms. The van der Waals surface area contributed by atoms with Gasteiger partial charge in [0.15, 0.2) is 0 Å². The van der Waals surface area contributed by atoms with Crippen LogP contribution in [0.25, 0.3) is 0 Å². The third kappa shape index (κ3) is 2.59. The Kier molecular flexibility index (Phi) is 3.39. The van der Waals surface area contributed by atoms with Gasteiger partial charge >= 0.3 is 6.18 Å². The molecule has 0 aliphatic carbocycles. The average molecular weight is 214 g/mol. The van der Waals surface area contributed by atoms with E-state index in [4.69, 9.17) is 9.84 Å². The molecule has 1 rings (SSSR count). The fraction of sp³-hybridized carbons (Fsp3) is 1.00. The van der Waals surface area contributed by atoms with Gasteiger partial charge in [-0.3, -0.25) is 0 Å². The van der Waals surface area contributed by atoms with E-state index in [0.717, 1.165) is 0 Å². The Morgan fingerprint density at radius 1 is 1.50 bits per heavy atom. The molecule has 1 heterocycles. The molecule has 1 fully saturated rings. The fourth-order valence-electron chi connectivity index (χ4n) is 1.55. The average Bonchev–Trinajstić information content (AvgIpc) is 2.34. The first kappa shape index (κ1) is 11.7. The molecular formula is C8H13F3O3. The van der Waals surface area contributed by atoms with E-state index in [-0.39, 0.29) is 6.61 Å². The summed E-state index contributed by atoms with van der Waals surface area (Å²) >= 11 is 0. The molecule has 0 bridgehead atoms. The van der Waals surface area contributed by atoms with E-state index in [9.17, 15) is 18.3 Å². The number of alkyl halides is 3. The van der Waals surface area contributed by atoms with Crippen molar-refractivity contribution >= 4 is 0 Å². The number of rotatable bonds is 2. The molecule has 0 aromatic rings. The molecule has 0 amide bonds. The molecule has 0 aromatic carbocycles. The van der Waals surface area contributed by atoms with E-state index in [2.05, 4.69) is 0 Å². The molecule has 0 saturated carbocycles. The molecule has 1 aliphatic rings. The van der Waals surface area contributed by atoms with Crippen LogP contribution in [0.3, 0.4) is 0 Å². The molecule has 84 valence electrons. The predicted molar refractivity (Wildman–Crippen MR) is 41.6 cm³/mol. The van der Waals surface area contributed by atoms with Crippen LogP contribution in [-0.2, 0) is 4.74 Å². The number of hydrogen-bond acceptors (Lipinski definition) is 3. The van der Waals surface area contributed by atoms with E-state index in [0.29, 0.717) is 0 Å². The monoisotopic (exact) mass is 214 g/mol. The van der Waals surface area contributed by atoms with Crippen molar-refractivity contribution in [3.05, 3.63) is 0 Å². The Labute approximate surface area is 79.5 Å². The van der Waals surface area contributed by atoms with Gasteiger partial charge in [0.1, 0.15) is 6.10 Å². The lowest BCUT2D eigenvalue weighted by Crippen LogP contribution is -2.35. The second kappa shape index (κ2) is 4.04. The highest BCUT2D eigenvalue weighted by Crippen LogP contribution is 2.31. The van der Waals surface area contributed by atoms with Crippen molar-refractivity contribution in [1.82, 2.24) is 0 Å². The summed E-state index contributed by atoms with van der Waals surface area (Å²) in [6.07, 6.45) is -8.87. The molecule has 14 heavy (non-hydrogen) atoms. The van der Waals surface area contributed by atoms with Crippen molar-refractivity contribution < 1.29 is 28.1 Å². The summed E-state index contributed by atoms with van der Waals surface area (Å²) in [5.74, 6) is -0.647. The van der Waals surface area contributed by atoms with Gasteiger partial charge in [0.2, 0.25) is 0 Å². The first-order valence-electron chi connectivity index (χ1n) is 4.37. The highest BCUT2D eigenvalue weighted by atomic mass is 19.4. The highest BCUT2D eigenvalue weighted by Gasteiger charge is 2.43. The van der Waals surface area contributed by atoms with Gasteiger partial charge in [0, 0.05) is 5.92 Å². The summed E-state index contributed by atoms with van der Waals surface area (Å²) in [5, 5.41) is 18.1. The van der Waals surface area contributed by atoms with Crippen LogP contribution in [0.15, 0.2) is 0 Å². The minimum absolute atomic E-state index is 0.0381. The van der Waals surface area contributed by atoms with Crippen LogP contribution < -0.4 is 0 Å². The van der Waals surface area contributed by atoms with Gasteiger partial charge in [-0.15, -0.1) is 0 Å². The number of aliphatic hydroxyl groups is 2. The van der Waals surface area contributed by atoms with Crippen LogP contribution >= 0.6 is 0 Å². The van der Waals surface area contributed by atoms with Crippen LogP contribution in [-0.4, -0.2) is 41.3 Å². The fourth-order valence-corrected chi connectivity index (χ4v) is 1.55. The zero-order valence-electron chi connectivity index (χ0n) is 7.66. The zero-order valence-corrected chi connectivity index (χ0v) is 7.66. The van der Waals surface area contributed by atoms with E-state index >= 15 is 0 Å². The Hall–Kier alpha value is -0.330. The second-order valence-corrected chi connectivity index (χ2v) is 3.56. The van der Waals surface area contributed by atoms with Gasteiger partial charge in [-0.25, -0.2) is 0 Å². The lowest BCUT2D eigenvalue weighted by Gasteiger charge is -2.22. The summed E-state index contributed by atoms with van der Waals surface area (Å²) < 4.78 is 40.9. The molecule has 2 N–H and O–H groups in total. The van der Waals surface area contributed by atoms with Crippen LogP contribution in [0.4, 0.5) is 13.2 Å². The quantitative estimate of drug-likeness (QED) is 0.711. The summed E-state index contributed by atoms with van der Waals surface area (Å²) in [4.78, 5) is 0. The van der Waals surface area contributed by atoms with Gasteiger partial charge in [0.25, 0.3) is 0 Å². The predicted octanol–water partition coefficient (Wildman–Crippen LogP) is 0.696. The Bertz CT molecular complexity index is 185. The number of hydrogen-bond donors (Lipinski definition) is 2. The van der Waals surface area contributed by atoms with Crippen molar-refractivity contribution in [3.8, 4) is 0 Å². The molecule has 4 unspecified atom stereocenters. The molecule has 1 saturated heterocycles. The van der Waals surface area contributed by atoms with Gasteiger partial charge in [0.05, 0.1) is 18.8 Å². The topological polar surface area (TPSA) is 49.7 Å². The largest absolute Gasteiger partial charge is 0.414 e. The van der Waals surface area contributed by atoms with Gasteiger partial charge in [-0.05, 0) is 13.3 Å². The van der Waals surface area contributed by atoms with Crippen molar-refractivity contribution in [1.29, 1.82) is 0 Å². The van der Waals surface area contributed by atoms with Crippen LogP contribution in [0, 0.1) is 5.92 Å². The van der Waals surface area contributed by atoms with Crippen LogP contribution in [0.5, 0.6) is 0 Å². The van der Waals surface area contributed by atoms with E-state index in [1.54, 1.807) is 6.92 Å². The second-order valence-electron chi connectivity index (χ2n) is 3.56. The standard InChI is InChI=1S/C8H13F3O3/c1-4-5(6(12)3-14-4)2-7(13)8(9,10)11/h4-7,12-13H,2-3H2,1H3. The lowest BCUT2D eigenvalue weighted by molar-refractivity contribution is -0.210. The van der Waals surface area contributed by atoms with Crippen LogP contribution in [0.1, 0.15) is 13.3 Å². The molecular weight excluding hydrogens is 201 g/mol. The first-order chi connectivity index (χ1) is 6.32. The number of halogens is 3. The van der Waals surface area contributed by atoms with Crippen molar-refractivity contribution in [2.24, 2.45) is 5.92 Å². The maximum atomic E-state index is 12.0. The number of ether oxygens (including phenoxy) is 1. The summed E-state index contributed by atoms with van der Waals surface area (Å²) in [6, 6.07) is 0. The summed E-state index contributed by atoms with van der Waals surface area (Å²) in [6.45, 7) is 1.63. The number of aliphatic hydroxyl groups excluding tert-OH is 2. The maximum absolute atomic E-state index is 12.0. The minimum atomic E-state index is -4.62. The molecule has 0 aromatic heterocycles. The van der Waals surface area contributed by atoms with Gasteiger partial charge < -0.3 is 14.9 Å². The normalized spacial score (nSPS) is 36.0. The van der Waals surface area contributed by atoms with Crippen LogP contribution in [0.2, 0.25) is 0 Å². The Balaban J connectivity index is 2.51. The van der Waals surface area contributed by atoms with E-state index in [1.807, 2.05) is 0 Å². The first-order valence-corrected chi connectivity index (χ1v) is 4.37. The van der Waals surface area contributed by atoms with Crippen molar-refractivity contribution in [2.45, 2.75) is 37.8 Å². The van der Waals surface area contributed by atoms with Gasteiger partial charge in [-0.2, -0.15) is 13.2 Å². The lowest BCUT2D eigenvalue weighted by atomic mass is 9.93.